The van der Waals surface area contributed by atoms with Crippen molar-refractivity contribution in [1.29, 1.82) is 0 Å². The number of thiocarbonyl (C=S) groups is 1. The maximum atomic E-state index is 12.5. The number of nitrogens with one attached hydrogen (secondary N) is 3. The Bertz CT molecular complexity index is 909. The summed E-state index contributed by atoms with van der Waals surface area (Å²) in [5.74, 6) is 0.580. The van der Waals surface area contributed by atoms with Crippen LogP contribution < -0.4 is 20.7 Å². The van der Waals surface area contributed by atoms with E-state index in [1.807, 2.05) is 25.1 Å². The molecular weight excluding hydrogens is 410 g/mol. The van der Waals surface area contributed by atoms with Crippen LogP contribution in [0.25, 0.3) is 0 Å². The van der Waals surface area contributed by atoms with Gasteiger partial charge in [-0.2, -0.15) is 0 Å². The summed E-state index contributed by atoms with van der Waals surface area (Å²) in [6.07, 6.45) is 6.26. The highest BCUT2D eigenvalue weighted by Gasteiger charge is 2.21. The molecule has 2 aromatic carbocycles. The van der Waals surface area contributed by atoms with Gasteiger partial charge in [0, 0.05) is 22.9 Å². The molecule has 2 aromatic rings. The van der Waals surface area contributed by atoms with Crippen LogP contribution in [0, 0.1) is 5.92 Å². The molecule has 0 aromatic heterocycles. The van der Waals surface area contributed by atoms with Crippen LogP contribution in [0.4, 0.5) is 11.4 Å². The van der Waals surface area contributed by atoms with Crippen LogP contribution in [-0.2, 0) is 4.79 Å². The van der Waals surface area contributed by atoms with Crippen LogP contribution in [0.1, 0.15) is 55.8 Å². The van der Waals surface area contributed by atoms with Crippen molar-refractivity contribution in [3.05, 3.63) is 54.1 Å². The first-order chi connectivity index (χ1) is 15.0. The van der Waals surface area contributed by atoms with E-state index >= 15 is 0 Å². The molecule has 0 heterocycles. The molecule has 2 amide bonds. The van der Waals surface area contributed by atoms with E-state index in [9.17, 15) is 9.59 Å². The fourth-order valence-corrected chi connectivity index (χ4v) is 3.75. The minimum atomic E-state index is -0.304. The minimum absolute atomic E-state index is 0.0686. The van der Waals surface area contributed by atoms with Gasteiger partial charge in [-0.05, 0) is 73.9 Å². The molecule has 1 aliphatic rings. The average molecular weight is 440 g/mol. The minimum Gasteiger partial charge on any atom is -0.494 e. The Morgan fingerprint density at radius 1 is 1.00 bits per heavy atom. The number of carbonyl (C=O) groups is 2. The molecule has 6 nitrogen and oxygen atoms in total. The van der Waals surface area contributed by atoms with Crippen molar-refractivity contribution >= 4 is 40.5 Å². The third kappa shape index (κ3) is 7.07. The van der Waals surface area contributed by atoms with Gasteiger partial charge in [0.1, 0.15) is 5.75 Å². The van der Waals surface area contributed by atoms with Crippen molar-refractivity contribution < 1.29 is 14.3 Å². The lowest BCUT2D eigenvalue weighted by Crippen LogP contribution is -2.34. The molecule has 1 saturated carbocycles. The maximum Gasteiger partial charge on any atom is 0.257 e. The van der Waals surface area contributed by atoms with Gasteiger partial charge in [-0.1, -0.05) is 32.3 Å². The maximum absolute atomic E-state index is 12.5. The van der Waals surface area contributed by atoms with Gasteiger partial charge in [0.15, 0.2) is 5.11 Å². The highest BCUT2D eigenvalue weighted by molar-refractivity contribution is 7.80. The number of hydrogen-bond donors (Lipinski definition) is 3. The first kappa shape index (κ1) is 22.7. The van der Waals surface area contributed by atoms with E-state index in [0.717, 1.165) is 37.9 Å². The van der Waals surface area contributed by atoms with Gasteiger partial charge in [-0.15, -0.1) is 0 Å². The zero-order valence-electron chi connectivity index (χ0n) is 17.8. The third-order valence-corrected chi connectivity index (χ3v) is 5.38. The van der Waals surface area contributed by atoms with Crippen LogP contribution in [0.2, 0.25) is 0 Å². The summed E-state index contributed by atoms with van der Waals surface area (Å²) in [6, 6.07) is 14.2. The zero-order chi connectivity index (χ0) is 22.1. The largest absolute Gasteiger partial charge is 0.494 e. The standard InChI is InChI=1S/C24H29N3O3S/c1-2-15-30-21-13-11-18(12-14-21)23(29)27-24(31)26-20-10-6-9-19(16-20)25-22(28)17-7-4-3-5-8-17/h6,9-14,16-17H,2-5,7-8,15H2,1H3,(H,25,28)(H2,26,27,29,31). The quantitative estimate of drug-likeness (QED) is 0.522. The summed E-state index contributed by atoms with van der Waals surface area (Å²) in [5, 5.41) is 8.85. The smallest absolute Gasteiger partial charge is 0.257 e. The zero-order valence-corrected chi connectivity index (χ0v) is 18.6. The van der Waals surface area contributed by atoms with Gasteiger partial charge >= 0.3 is 0 Å². The Labute approximate surface area is 188 Å². The van der Waals surface area contributed by atoms with E-state index in [-0.39, 0.29) is 22.8 Å². The number of carbonyl (C=O) groups excluding carboxylic acids is 2. The molecule has 3 rings (SSSR count). The Hall–Kier alpha value is -2.93. The molecule has 0 atom stereocenters. The second kappa shape index (κ2) is 11.5. The number of rotatable bonds is 7. The number of ether oxygens (including phenoxy) is 1. The van der Waals surface area contributed by atoms with Gasteiger partial charge in [-0.25, -0.2) is 0 Å². The van der Waals surface area contributed by atoms with Crippen molar-refractivity contribution in [3.63, 3.8) is 0 Å². The summed E-state index contributed by atoms with van der Waals surface area (Å²) in [7, 11) is 0. The van der Waals surface area contributed by atoms with Crippen molar-refractivity contribution in [1.82, 2.24) is 5.32 Å². The normalized spacial score (nSPS) is 13.8. The van der Waals surface area contributed by atoms with Gasteiger partial charge in [0.25, 0.3) is 5.91 Å². The van der Waals surface area contributed by atoms with Gasteiger partial charge < -0.3 is 15.4 Å². The number of hydrogen-bond acceptors (Lipinski definition) is 4. The molecule has 31 heavy (non-hydrogen) atoms. The first-order valence-electron chi connectivity index (χ1n) is 10.8. The molecule has 0 radical (unpaired) electrons. The van der Waals surface area contributed by atoms with Gasteiger partial charge in [0.05, 0.1) is 6.61 Å². The second-order valence-electron chi connectivity index (χ2n) is 7.69. The Morgan fingerprint density at radius 3 is 2.35 bits per heavy atom. The first-order valence-corrected chi connectivity index (χ1v) is 11.2. The molecule has 0 saturated heterocycles. The van der Waals surface area contributed by atoms with Crippen LogP contribution >= 0.6 is 12.2 Å². The number of anilines is 2. The molecule has 1 fully saturated rings. The lowest BCUT2D eigenvalue weighted by Gasteiger charge is -2.21. The summed E-state index contributed by atoms with van der Waals surface area (Å²) in [4.78, 5) is 24.9. The lowest BCUT2D eigenvalue weighted by atomic mass is 9.88. The number of benzene rings is 2. The summed E-state index contributed by atoms with van der Waals surface area (Å²) >= 11 is 5.27. The SMILES string of the molecule is CCCOc1ccc(C(=O)NC(=S)Nc2cccc(NC(=O)C3CCCCC3)c2)cc1. The second-order valence-corrected chi connectivity index (χ2v) is 8.09. The fraction of sp³-hybridized carbons (Fsp3) is 0.375. The van der Waals surface area contributed by atoms with Crippen LogP contribution in [0.3, 0.4) is 0 Å². The van der Waals surface area contributed by atoms with E-state index in [0.29, 0.717) is 23.5 Å². The Morgan fingerprint density at radius 2 is 1.68 bits per heavy atom. The molecule has 1 aliphatic carbocycles. The van der Waals surface area contributed by atoms with Crippen molar-refractivity contribution in [2.75, 3.05) is 17.2 Å². The lowest BCUT2D eigenvalue weighted by molar-refractivity contribution is -0.120. The van der Waals surface area contributed by atoms with Crippen molar-refractivity contribution in [2.45, 2.75) is 45.4 Å². The predicted octanol–water partition coefficient (Wildman–Crippen LogP) is 5.12. The third-order valence-electron chi connectivity index (χ3n) is 5.18. The van der Waals surface area contributed by atoms with Crippen LogP contribution in [-0.4, -0.2) is 23.5 Å². The van der Waals surface area contributed by atoms with E-state index < -0.39 is 0 Å². The van der Waals surface area contributed by atoms with Crippen molar-refractivity contribution in [2.24, 2.45) is 5.92 Å². The molecule has 3 N–H and O–H groups in total. The van der Waals surface area contributed by atoms with Crippen LogP contribution in [0.15, 0.2) is 48.5 Å². The summed E-state index contributed by atoms with van der Waals surface area (Å²) in [6.45, 7) is 2.68. The summed E-state index contributed by atoms with van der Waals surface area (Å²) < 4.78 is 5.53. The van der Waals surface area contributed by atoms with E-state index in [1.54, 1.807) is 30.3 Å². The van der Waals surface area contributed by atoms with Gasteiger partial charge in [-0.3, -0.25) is 14.9 Å². The molecule has 0 unspecified atom stereocenters. The number of amides is 2. The van der Waals surface area contributed by atoms with Crippen molar-refractivity contribution in [3.8, 4) is 5.75 Å². The van der Waals surface area contributed by atoms with Gasteiger partial charge in [0.2, 0.25) is 5.91 Å². The van der Waals surface area contributed by atoms with E-state index in [4.69, 9.17) is 17.0 Å². The molecule has 0 aliphatic heterocycles. The predicted molar refractivity (Wildman–Crippen MR) is 128 cm³/mol. The monoisotopic (exact) mass is 439 g/mol. The summed E-state index contributed by atoms with van der Waals surface area (Å²) in [5.41, 5.74) is 1.88. The van der Waals surface area contributed by atoms with E-state index in [2.05, 4.69) is 16.0 Å². The topological polar surface area (TPSA) is 79.5 Å². The highest BCUT2D eigenvalue weighted by atomic mass is 32.1. The van der Waals surface area contributed by atoms with Crippen LogP contribution in [0.5, 0.6) is 5.75 Å². The molecular formula is C24H29N3O3S. The Balaban J connectivity index is 1.52. The fourth-order valence-electron chi connectivity index (χ4n) is 3.54. The molecule has 0 bridgehead atoms. The molecule has 164 valence electrons. The molecule has 7 heteroatoms. The molecule has 0 spiro atoms. The van der Waals surface area contributed by atoms with E-state index in [1.165, 1.54) is 6.42 Å². The Kier molecular flexibility index (Phi) is 8.41. The average Bonchev–Trinajstić information content (AvgIpc) is 2.78. The highest BCUT2D eigenvalue weighted by Crippen LogP contribution is 2.25.